The highest BCUT2D eigenvalue weighted by Crippen LogP contribution is 2.28. The molecule has 1 unspecified atom stereocenters. The van der Waals surface area contributed by atoms with Gasteiger partial charge in [0.25, 0.3) is 6.43 Å². The molecule has 0 fully saturated rings. The molecule has 0 radical (unpaired) electrons. The highest BCUT2D eigenvalue weighted by molar-refractivity contribution is 5.58. The van der Waals surface area contributed by atoms with Crippen molar-refractivity contribution >= 4 is 5.69 Å². The maximum Gasteiger partial charge on any atom is 0.258 e. The van der Waals surface area contributed by atoms with Gasteiger partial charge in [0.15, 0.2) is 0 Å². The van der Waals surface area contributed by atoms with Gasteiger partial charge in [0.2, 0.25) is 0 Å². The molecular formula is C10H11F2N. The first kappa shape index (κ1) is 8.48. The van der Waals surface area contributed by atoms with Crippen molar-refractivity contribution in [3.63, 3.8) is 0 Å². The second-order valence-corrected chi connectivity index (χ2v) is 3.45. The van der Waals surface area contributed by atoms with E-state index in [0.717, 1.165) is 16.8 Å². The van der Waals surface area contributed by atoms with Gasteiger partial charge in [-0.25, -0.2) is 8.78 Å². The summed E-state index contributed by atoms with van der Waals surface area (Å²) in [5, 5.41) is 2.81. The Hall–Kier alpha value is -1.12. The summed E-state index contributed by atoms with van der Waals surface area (Å²) in [5.74, 6) is 0. The fourth-order valence-electron chi connectivity index (χ4n) is 1.67. The highest BCUT2D eigenvalue weighted by Gasteiger charge is 2.27. The minimum atomic E-state index is -2.28. The van der Waals surface area contributed by atoms with Crippen LogP contribution < -0.4 is 5.32 Å². The van der Waals surface area contributed by atoms with Crippen LogP contribution in [0.1, 0.15) is 11.1 Å². The molecule has 0 bridgehead atoms. The summed E-state index contributed by atoms with van der Waals surface area (Å²) in [5.41, 5.74) is 2.98. The van der Waals surface area contributed by atoms with Gasteiger partial charge in [0, 0.05) is 12.1 Å². The van der Waals surface area contributed by atoms with Crippen molar-refractivity contribution in [2.45, 2.75) is 25.8 Å². The van der Waals surface area contributed by atoms with Crippen molar-refractivity contribution in [1.29, 1.82) is 0 Å². The summed E-state index contributed by atoms with van der Waals surface area (Å²) in [7, 11) is 0. The zero-order valence-corrected chi connectivity index (χ0v) is 7.35. The Morgan fingerprint density at radius 1 is 1.46 bits per heavy atom. The number of hydrogen-bond donors (Lipinski definition) is 1. The zero-order valence-electron chi connectivity index (χ0n) is 7.35. The molecule has 1 aromatic rings. The van der Waals surface area contributed by atoms with E-state index in [1.165, 1.54) is 0 Å². The van der Waals surface area contributed by atoms with Crippen molar-refractivity contribution in [3.05, 3.63) is 29.3 Å². The Balaban J connectivity index is 2.25. The minimum absolute atomic E-state index is 0.439. The molecule has 1 aromatic carbocycles. The number of aryl methyl sites for hydroxylation is 1. The zero-order chi connectivity index (χ0) is 9.42. The van der Waals surface area contributed by atoms with Gasteiger partial charge in [-0.15, -0.1) is 0 Å². The molecular weight excluding hydrogens is 172 g/mol. The summed E-state index contributed by atoms with van der Waals surface area (Å²) in [6.45, 7) is 1.97. The van der Waals surface area contributed by atoms with Crippen LogP contribution in [0.2, 0.25) is 0 Å². The van der Waals surface area contributed by atoms with Crippen LogP contribution in [0.4, 0.5) is 14.5 Å². The number of anilines is 1. The Kier molecular flexibility index (Phi) is 1.94. The fraction of sp³-hybridized carbons (Fsp3) is 0.400. The lowest BCUT2D eigenvalue weighted by molar-refractivity contribution is 0.126. The van der Waals surface area contributed by atoms with E-state index in [-0.39, 0.29) is 0 Å². The second-order valence-electron chi connectivity index (χ2n) is 3.45. The summed E-state index contributed by atoms with van der Waals surface area (Å²) in [6.07, 6.45) is -1.85. The maximum absolute atomic E-state index is 12.3. The maximum atomic E-state index is 12.3. The predicted molar refractivity (Wildman–Crippen MR) is 48.3 cm³/mol. The largest absolute Gasteiger partial charge is 0.376 e. The molecule has 13 heavy (non-hydrogen) atoms. The fourth-order valence-corrected chi connectivity index (χ4v) is 1.67. The van der Waals surface area contributed by atoms with Gasteiger partial charge in [-0.1, -0.05) is 17.7 Å². The van der Waals surface area contributed by atoms with Crippen molar-refractivity contribution in [1.82, 2.24) is 0 Å². The average Bonchev–Trinajstić information content (AvgIpc) is 2.46. The van der Waals surface area contributed by atoms with Crippen LogP contribution in [0.5, 0.6) is 0 Å². The third-order valence-electron chi connectivity index (χ3n) is 2.35. The molecule has 70 valence electrons. The Bertz CT molecular complexity index is 323. The first-order chi connectivity index (χ1) is 6.16. The first-order valence-corrected chi connectivity index (χ1v) is 4.31. The molecule has 1 heterocycles. The van der Waals surface area contributed by atoms with Gasteiger partial charge in [0.1, 0.15) is 0 Å². The molecule has 1 aliphatic rings. The molecule has 1 atom stereocenters. The Labute approximate surface area is 75.8 Å². The van der Waals surface area contributed by atoms with Gasteiger partial charge >= 0.3 is 0 Å². The topological polar surface area (TPSA) is 12.0 Å². The van der Waals surface area contributed by atoms with Crippen LogP contribution in [0, 0.1) is 6.92 Å². The lowest BCUT2D eigenvalue weighted by atomic mass is 10.1. The van der Waals surface area contributed by atoms with Crippen LogP contribution in [0.15, 0.2) is 18.2 Å². The van der Waals surface area contributed by atoms with E-state index in [1.807, 2.05) is 25.1 Å². The van der Waals surface area contributed by atoms with E-state index in [0.29, 0.717) is 6.42 Å². The SMILES string of the molecule is Cc1ccc2c(c1)CC(C(F)F)N2. The molecule has 0 aromatic heterocycles. The van der Waals surface area contributed by atoms with Gasteiger partial charge in [-0.2, -0.15) is 0 Å². The monoisotopic (exact) mass is 183 g/mol. The number of alkyl halides is 2. The number of halogens is 2. The normalized spacial score (nSPS) is 20.2. The molecule has 1 nitrogen and oxygen atoms in total. The molecule has 3 heteroatoms. The van der Waals surface area contributed by atoms with Crippen molar-refractivity contribution in [2.24, 2.45) is 0 Å². The Morgan fingerprint density at radius 3 is 2.92 bits per heavy atom. The van der Waals surface area contributed by atoms with E-state index < -0.39 is 12.5 Å². The standard InChI is InChI=1S/C10H11F2N/c1-6-2-3-8-7(4-6)5-9(13-8)10(11)12/h2-4,9-10,13H,5H2,1H3. The lowest BCUT2D eigenvalue weighted by Gasteiger charge is -2.08. The third-order valence-corrected chi connectivity index (χ3v) is 2.35. The molecule has 0 saturated heterocycles. The van der Waals surface area contributed by atoms with Gasteiger partial charge in [0.05, 0.1) is 6.04 Å². The lowest BCUT2D eigenvalue weighted by Crippen LogP contribution is -2.24. The van der Waals surface area contributed by atoms with E-state index in [4.69, 9.17) is 0 Å². The molecule has 1 N–H and O–H groups in total. The number of fused-ring (bicyclic) bond motifs is 1. The summed E-state index contributed by atoms with van der Waals surface area (Å²) >= 11 is 0. The molecule has 2 rings (SSSR count). The minimum Gasteiger partial charge on any atom is -0.376 e. The second kappa shape index (κ2) is 2.98. The van der Waals surface area contributed by atoms with Gasteiger partial charge in [-0.3, -0.25) is 0 Å². The van der Waals surface area contributed by atoms with E-state index in [9.17, 15) is 8.78 Å². The van der Waals surface area contributed by atoms with Gasteiger partial charge in [-0.05, 0) is 18.6 Å². The van der Waals surface area contributed by atoms with Crippen LogP contribution in [0.3, 0.4) is 0 Å². The van der Waals surface area contributed by atoms with E-state index >= 15 is 0 Å². The van der Waals surface area contributed by atoms with Crippen LogP contribution >= 0.6 is 0 Å². The number of rotatable bonds is 1. The first-order valence-electron chi connectivity index (χ1n) is 4.31. The van der Waals surface area contributed by atoms with Crippen molar-refractivity contribution in [2.75, 3.05) is 5.32 Å². The van der Waals surface area contributed by atoms with E-state index in [2.05, 4.69) is 5.32 Å². The molecule has 0 amide bonds. The van der Waals surface area contributed by atoms with Crippen LogP contribution in [-0.4, -0.2) is 12.5 Å². The molecule has 0 spiro atoms. The number of hydrogen-bond acceptors (Lipinski definition) is 1. The van der Waals surface area contributed by atoms with Crippen LogP contribution in [0.25, 0.3) is 0 Å². The average molecular weight is 183 g/mol. The Morgan fingerprint density at radius 2 is 2.23 bits per heavy atom. The quantitative estimate of drug-likeness (QED) is 0.705. The summed E-state index contributed by atoms with van der Waals surface area (Å²) in [4.78, 5) is 0. The van der Waals surface area contributed by atoms with Gasteiger partial charge < -0.3 is 5.32 Å². The predicted octanol–water partition coefficient (Wildman–Crippen LogP) is 2.60. The summed E-state index contributed by atoms with van der Waals surface area (Å²) in [6, 6.07) is 5.06. The highest BCUT2D eigenvalue weighted by atomic mass is 19.3. The van der Waals surface area contributed by atoms with E-state index in [1.54, 1.807) is 0 Å². The number of nitrogens with one attached hydrogen (secondary N) is 1. The molecule has 0 saturated carbocycles. The molecule has 0 aliphatic carbocycles. The van der Waals surface area contributed by atoms with Crippen LogP contribution in [-0.2, 0) is 6.42 Å². The smallest absolute Gasteiger partial charge is 0.258 e. The number of benzene rings is 1. The summed E-state index contributed by atoms with van der Waals surface area (Å²) < 4.78 is 24.7. The van der Waals surface area contributed by atoms with Crippen molar-refractivity contribution in [3.8, 4) is 0 Å². The molecule has 1 aliphatic heterocycles. The third kappa shape index (κ3) is 1.50. The van der Waals surface area contributed by atoms with Crippen molar-refractivity contribution < 1.29 is 8.78 Å².